The van der Waals surface area contributed by atoms with Crippen LogP contribution in [0, 0.1) is 11.8 Å². The minimum Gasteiger partial charge on any atom is -0.411 e. The van der Waals surface area contributed by atoms with Gasteiger partial charge in [-0.1, -0.05) is 36.9 Å². The Balaban J connectivity index is 1.23. The van der Waals surface area contributed by atoms with Gasteiger partial charge in [0.05, 0.1) is 5.75 Å². The molecule has 8 heteroatoms. The van der Waals surface area contributed by atoms with Crippen LogP contribution in [0.15, 0.2) is 40.0 Å². The first-order valence-corrected chi connectivity index (χ1v) is 11.7. The van der Waals surface area contributed by atoms with Crippen LogP contribution in [0.5, 0.6) is 0 Å². The average molecular weight is 429 g/mol. The van der Waals surface area contributed by atoms with E-state index in [2.05, 4.69) is 17.1 Å². The zero-order valence-electron chi connectivity index (χ0n) is 17.3. The molecule has 3 heterocycles. The Bertz CT molecular complexity index is 864. The molecule has 2 fully saturated rings. The first-order chi connectivity index (χ1) is 14.6. The van der Waals surface area contributed by atoms with E-state index in [1.54, 1.807) is 0 Å². The average Bonchev–Trinajstić information content (AvgIpc) is 3.27. The number of piperidine rings is 2. The number of nitrogens with zero attached hydrogens (tertiary/aromatic N) is 4. The van der Waals surface area contributed by atoms with E-state index < -0.39 is 0 Å². The molecule has 1 unspecified atom stereocenters. The van der Waals surface area contributed by atoms with Crippen molar-refractivity contribution in [1.29, 1.82) is 0 Å². The van der Waals surface area contributed by atoms with Gasteiger partial charge in [0, 0.05) is 37.7 Å². The van der Waals surface area contributed by atoms with Gasteiger partial charge >= 0.3 is 0 Å². The molecule has 0 saturated carbocycles. The Labute approximate surface area is 181 Å². The molecule has 0 N–H and O–H groups in total. The van der Waals surface area contributed by atoms with E-state index in [0.717, 1.165) is 37.9 Å². The summed E-state index contributed by atoms with van der Waals surface area (Å²) in [4.78, 5) is 29.3. The van der Waals surface area contributed by atoms with E-state index in [-0.39, 0.29) is 23.5 Å². The maximum Gasteiger partial charge on any atom is 0.277 e. The van der Waals surface area contributed by atoms with Crippen molar-refractivity contribution in [3.63, 3.8) is 0 Å². The highest BCUT2D eigenvalue weighted by molar-refractivity contribution is 7.99. The van der Waals surface area contributed by atoms with E-state index >= 15 is 0 Å². The molecule has 2 amide bonds. The van der Waals surface area contributed by atoms with Crippen molar-refractivity contribution in [2.45, 2.75) is 37.8 Å². The third-order valence-corrected chi connectivity index (χ3v) is 6.72. The summed E-state index contributed by atoms with van der Waals surface area (Å²) in [7, 11) is 0. The Morgan fingerprint density at radius 3 is 2.57 bits per heavy atom. The Morgan fingerprint density at radius 2 is 1.83 bits per heavy atom. The largest absolute Gasteiger partial charge is 0.411 e. The van der Waals surface area contributed by atoms with Gasteiger partial charge < -0.3 is 14.2 Å². The number of carbonyl (C=O) groups is 2. The van der Waals surface area contributed by atoms with Gasteiger partial charge in [0.1, 0.15) is 0 Å². The van der Waals surface area contributed by atoms with Crippen LogP contribution in [0.1, 0.15) is 32.6 Å². The number of amides is 2. The van der Waals surface area contributed by atoms with E-state index in [1.807, 2.05) is 40.1 Å². The SMILES string of the molecule is CC1CCCN(C(=O)C2CCN(C(=O)CSc3nnc(-c4ccccc4)o3)CC2)C1. The molecule has 1 aromatic carbocycles. The molecular formula is C22H28N4O3S. The lowest BCUT2D eigenvalue weighted by Gasteiger charge is -2.37. The molecule has 30 heavy (non-hydrogen) atoms. The van der Waals surface area contributed by atoms with Gasteiger partial charge in [0.25, 0.3) is 5.22 Å². The lowest BCUT2D eigenvalue weighted by molar-refractivity contribution is -0.141. The van der Waals surface area contributed by atoms with E-state index in [4.69, 9.17) is 4.42 Å². The van der Waals surface area contributed by atoms with Crippen LogP contribution < -0.4 is 0 Å². The summed E-state index contributed by atoms with van der Waals surface area (Å²) in [6, 6.07) is 9.57. The van der Waals surface area contributed by atoms with Crippen molar-refractivity contribution in [3.05, 3.63) is 30.3 Å². The van der Waals surface area contributed by atoms with Crippen LogP contribution >= 0.6 is 11.8 Å². The zero-order chi connectivity index (χ0) is 20.9. The Kier molecular flexibility index (Phi) is 6.72. The number of thioether (sulfide) groups is 1. The summed E-state index contributed by atoms with van der Waals surface area (Å²) in [5.41, 5.74) is 0.859. The molecule has 1 atom stereocenters. The number of benzene rings is 1. The highest BCUT2D eigenvalue weighted by atomic mass is 32.2. The van der Waals surface area contributed by atoms with Gasteiger partial charge in [0.15, 0.2) is 0 Å². The second kappa shape index (κ2) is 9.64. The van der Waals surface area contributed by atoms with Crippen LogP contribution in [-0.4, -0.2) is 63.7 Å². The smallest absolute Gasteiger partial charge is 0.277 e. The first-order valence-electron chi connectivity index (χ1n) is 10.7. The molecule has 2 aromatic rings. The van der Waals surface area contributed by atoms with Crippen molar-refractivity contribution >= 4 is 23.6 Å². The minimum atomic E-state index is 0.0522. The molecule has 160 valence electrons. The molecular weight excluding hydrogens is 400 g/mol. The Hall–Kier alpha value is -2.35. The quantitative estimate of drug-likeness (QED) is 0.680. The van der Waals surface area contributed by atoms with Crippen molar-refractivity contribution < 1.29 is 14.0 Å². The monoisotopic (exact) mass is 428 g/mol. The molecule has 2 aliphatic rings. The summed E-state index contributed by atoms with van der Waals surface area (Å²) in [5.74, 6) is 1.69. The molecule has 0 bridgehead atoms. The van der Waals surface area contributed by atoms with Gasteiger partial charge in [-0.05, 0) is 43.7 Å². The standard InChI is InChI=1S/C22H28N4O3S/c1-16-6-5-11-26(14-16)21(28)18-9-12-25(13-10-18)19(27)15-30-22-24-23-20(29-22)17-7-3-2-4-8-17/h2-4,7-8,16,18H,5-6,9-15H2,1H3. The normalized spacial score (nSPS) is 20.4. The molecule has 2 aliphatic heterocycles. The summed E-state index contributed by atoms with van der Waals surface area (Å²) < 4.78 is 5.65. The molecule has 7 nitrogen and oxygen atoms in total. The zero-order valence-corrected chi connectivity index (χ0v) is 18.1. The first kappa shape index (κ1) is 20.9. The third-order valence-electron chi connectivity index (χ3n) is 5.91. The lowest BCUT2D eigenvalue weighted by atomic mass is 9.93. The van der Waals surface area contributed by atoms with Crippen molar-refractivity contribution in [2.24, 2.45) is 11.8 Å². The van der Waals surface area contributed by atoms with Gasteiger partial charge in [-0.15, -0.1) is 10.2 Å². The number of aromatic nitrogens is 2. The van der Waals surface area contributed by atoms with Gasteiger partial charge in [0.2, 0.25) is 17.7 Å². The van der Waals surface area contributed by atoms with Crippen LogP contribution in [0.3, 0.4) is 0 Å². The summed E-state index contributed by atoms with van der Waals surface area (Å²) >= 11 is 1.26. The highest BCUT2D eigenvalue weighted by Gasteiger charge is 2.31. The van der Waals surface area contributed by atoms with Crippen LogP contribution in [0.25, 0.3) is 11.5 Å². The molecule has 1 aromatic heterocycles. The minimum absolute atomic E-state index is 0.0522. The lowest BCUT2D eigenvalue weighted by Crippen LogP contribution is -2.47. The van der Waals surface area contributed by atoms with E-state index in [0.29, 0.717) is 30.1 Å². The predicted molar refractivity (Wildman–Crippen MR) is 115 cm³/mol. The maximum absolute atomic E-state index is 12.8. The summed E-state index contributed by atoms with van der Waals surface area (Å²) in [6.45, 7) is 5.25. The third kappa shape index (κ3) is 5.03. The van der Waals surface area contributed by atoms with Gasteiger partial charge in [-0.3, -0.25) is 9.59 Å². The van der Waals surface area contributed by atoms with Crippen LogP contribution in [0.4, 0.5) is 0 Å². The Morgan fingerprint density at radius 1 is 1.07 bits per heavy atom. The molecule has 0 radical (unpaired) electrons. The number of carbonyl (C=O) groups excluding carboxylic acids is 2. The van der Waals surface area contributed by atoms with Crippen molar-refractivity contribution in [1.82, 2.24) is 20.0 Å². The number of rotatable bonds is 5. The maximum atomic E-state index is 12.8. The molecule has 4 rings (SSSR count). The summed E-state index contributed by atoms with van der Waals surface area (Å²) in [6.07, 6.45) is 3.81. The van der Waals surface area contributed by atoms with Crippen molar-refractivity contribution in [2.75, 3.05) is 31.9 Å². The predicted octanol–water partition coefficient (Wildman–Crippen LogP) is 3.33. The molecule has 0 spiro atoms. The van der Waals surface area contributed by atoms with Gasteiger partial charge in [-0.2, -0.15) is 0 Å². The van der Waals surface area contributed by atoms with Crippen molar-refractivity contribution in [3.8, 4) is 11.5 Å². The fraction of sp³-hybridized carbons (Fsp3) is 0.545. The van der Waals surface area contributed by atoms with E-state index in [9.17, 15) is 9.59 Å². The number of hydrogen-bond acceptors (Lipinski definition) is 6. The molecule has 2 saturated heterocycles. The summed E-state index contributed by atoms with van der Waals surface area (Å²) in [5, 5.41) is 8.47. The second-order valence-corrected chi connectivity index (χ2v) is 9.14. The van der Waals surface area contributed by atoms with E-state index in [1.165, 1.54) is 18.2 Å². The fourth-order valence-corrected chi connectivity index (χ4v) is 4.87. The van der Waals surface area contributed by atoms with Crippen LogP contribution in [0.2, 0.25) is 0 Å². The van der Waals surface area contributed by atoms with Crippen LogP contribution in [-0.2, 0) is 9.59 Å². The topological polar surface area (TPSA) is 79.5 Å². The fourth-order valence-electron chi connectivity index (χ4n) is 4.20. The number of likely N-dealkylation sites (tertiary alicyclic amines) is 2. The molecule has 0 aliphatic carbocycles. The second-order valence-electron chi connectivity index (χ2n) is 8.21. The van der Waals surface area contributed by atoms with Gasteiger partial charge in [-0.25, -0.2) is 0 Å². The highest BCUT2D eigenvalue weighted by Crippen LogP contribution is 2.26. The number of hydrogen-bond donors (Lipinski definition) is 0.